The van der Waals surface area contributed by atoms with Crippen LogP contribution in [0.15, 0.2) is 46.1 Å². The van der Waals surface area contributed by atoms with Crippen molar-refractivity contribution in [1.82, 2.24) is 4.90 Å². The van der Waals surface area contributed by atoms with Crippen molar-refractivity contribution in [2.45, 2.75) is 52.7 Å². The van der Waals surface area contributed by atoms with E-state index in [2.05, 4.69) is 32.3 Å². The van der Waals surface area contributed by atoms with E-state index in [0.717, 1.165) is 23.9 Å². The molecule has 2 atom stereocenters. The number of hydrogen-bond donors (Lipinski definition) is 0. The van der Waals surface area contributed by atoms with E-state index in [4.69, 9.17) is 9.47 Å². The number of allylic oxidation sites excluding steroid dienone is 4. The Kier molecular flexibility index (Phi) is 5.60. The molecule has 6 heteroatoms. The zero-order valence-electron chi connectivity index (χ0n) is 17.8. The summed E-state index contributed by atoms with van der Waals surface area (Å²) in [5.41, 5.74) is 4.41. The molecule has 0 aromatic heterocycles. The number of hydrogen-bond acceptors (Lipinski definition) is 5. The van der Waals surface area contributed by atoms with Gasteiger partial charge in [-0.2, -0.15) is 0 Å². The Balaban J connectivity index is 2.30. The fourth-order valence-corrected chi connectivity index (χ4v) is 9.51. The van der Waals surface area contributed by atoms with Crippen molar-refractivity contribution >= 4 is 19.2 Å². The van der Waals surface area contributed by atoms with Crippen LogP contribution in [0, 0.1) is 0 Å². The first-order valence-corrected chi connectivity index (χ1v) is 12.5. The lowest BCUT2D eigenvalue weighted by molar-refractivity contribution is -0.150. The van der Waals surface area contributed by atoms with Gasteiger partial charge in [0.25, 0.3) is 5.28 Å². The van der Waals surface area contributed by atoms with Gasteiger partial charge in [-0.25, -0.2) is 9.59 Å². The predicted octanol–water partition coefficient (Wildman–Crippen LogP) is 4.59. The highest BCUT2D eigenvalue weighted by atomic mass is 31.2. The predicted molar refractivity (Wildman–Crippen MR) is 113 cm³/mol. The van der Waals surface area contributed by atoms with Gasteiger partial charge in [-0.3, -0.25) is 4.90 Å². The Morgan fingerprint density at radius 1 is 1.11 bits per heavy atom. The molecule has 0 fully saturated rings. The minimum absolute atomic E-state index is 0.225. The molecule has 0 spiro atoms. The summed E-state index contributed by atoms with van der Waals surface area (Å²) in [6.45, 7) is 12.7. The van der Waals surface area contributed by atoms with Crippen molar-refractivity contribution in [3.05, 3.63) is 46.1 Å². The van der Waals surface area contributed by atoms with Crippen LogP contribution < -0.4 is 0 Å². The maximum atomic E-state index is 13.5. The Morgan fingerprint density at radius 3 is 2.39 bits per heavy atom. The first kappa shape index (κ1) is 20.9. The molecule has 0 radical (unpaired) electrons. The van der Waals surface area contributed by atoms with Crippen molar-refractivity contribution in [2.75, 3.05) is 26.0 Å². The summed E-state index contributed by atoms with van der Waals surface area (Å²) in [5, 5.41) is -0.174. The molecule has 2 unspecified atom stereocenters. The SMILES string of the molecule is CCOC(=O)C1=C2C=CC(CC)=CN2C2(C(=O)OCC)CC(C)=C(C)C[P+]12C. The minimum Gasteiger partial charge on any atom is -0.461 e. The zero-order chi connectivity index (χ0) is 20.7. The molecule has 152 valence electrons. The summed E-state index contributed by atoms with van der Waals surface area (Å²) in [7, 11) is -2.27. The van der Waals surface area contributed by atoms with E-state index >= 15 is 0 Å². The van der Waals surface area contributed by atoms with Crippen LogP contribution in [0.4, 0.5) is 0 Å². The number of rotatable bonds is 5. The van der Waals surface area contributed by atoms with E-state index in [0.29, 0.717) is 24.9 Å². The van der Waals surface area contributed by atoms with Crippen LogP contribution in [0.25, 0.3) is 0 Å². The molecule has 5 nitrogen and oxygen atoms in total. The molecule has 0 aliphatic carbocycles. The van der Waals surface area contributed by atoms with Crippen LogP contribution in [0.3, 0.4) is 0 Å². The molecule has 3 heterocycles. The normalized spacial score (nSPS) is 28.8. The molecule has 0 N–H and O–H groups in total. The molecule has 0 saturated carbocycles. The Morgan fingerprint density at radius 2 is 1.79 bits per heavy atom. The van der Waals surface area contributed by atoms with Crippen molar-refractivity contribution in [3.63, 3.8) is 0 Å². The molecule has 3 aliphatic rings. The highest BCUT2D eigenvalue weighted by molar-refractivity contribution is 7.83. The lowest BCUT2D eigenvalue weighted by atomic mass is 9.99. The largest absolute Gasteiger partial charge is 0.461 e. The topological polar surface area (TPSA) is 55.8 Å². The standard InChI is InChI=1S/C22H31NO4P/c1-7-17-10-11-18-19(20(24)26-8-2)28(6)14-16(5)15(4)12-22(28,23(18)13-17)21(25)27-9-3/h10-11,13H,7-9,12,14H2,1-6H3/q+1. The molecule has 0 saturated heterocycles. The van der Waals surface area contributed by atoms with Crippen molar-refractivity contribution in [1.29, 1.82) is 0 Å². The summed E-state index contributed by atoms with van der Waals surface area (Å²) >= 11 is 0. The molecule has 0 aromatic carbocycles. The maximum absolute atomic E-state index is 13.5. The van der Waals surface area contributed by atoms with Gasteiger partial charge in [0.2, 0.25) is 5.31 Å². The molecule has 28 heavy (non-hydrogen) atoms. The average molecular weight is 404 g/mol. The number of carbonyl (C=O) groups excluding carboxylic acids is 2. The van der Waals surface area contributed by atoms with Crippen LogP contribution in [0.5, 0.6) is 0 Å². The summed E-state index contributed by atoms with van der Waals surface area (Å²) in [6.07, 6.45) is 8.24. The smallest absolute Gasteiger partial charge is 0.375 e. The molecule has 3 rings (SSSR count). The van der Waals surface area contributed by atoms with E-state index < -0.39 is 12.5 Å². The van der Waals surface area contributed by atoms with Crippen molar-refractivity contribution < 1.29 is 19.1 Å². The summed E-state index contributed by atoms with van der Waals surface area (Å²) in [4.78, 5) is 28.7. The van der Waals surface area contributed by atoms with Gasteiger partial charge in [0.15, 0.2) is 0 Å². The lowest BCUT2D eigenvalue weighted by Crippen LogP contribution is -2.53. The van der Waals surface area contributed by atoms with Crippen LogP contribution in [0.1, 0.15) is 47.5 Å². The molecular formula is C22H31NO4P+. The average Bonchev–Trinajstić information content (AvgIpc) is 2.87. The Hall–Kier alpha value is -1.87. The molecule has 0 amide bonds. The quantitative estimate of drug-likeness (QED) is 0.381. The third kappa shape index (κ3) is 2.78. The zero-order valence-corrected chi connectivity index (χ0v) is 18.7. The second-order valence-corrected chi connectivity index (χ2v) is 11.7. The van der Waals surface area contributed by atoms with Gasteiger partial charge >= 0.3 is 11.9 Å². The second kappa shape index (κ2) is 7.51. The van der Waals surface area contributed by atoms with Gasteiger partial charge < -0.3 is 9.47 Å². The van der Waals surface area contributed by atoms with Gasteiger partial charge in [0, 0.05) is 12.6 Å². The number of esters is 2. The van der Waals surface area contributed by atoms with E-state index in [-0.39, 0.29) is 11.9 Å². The Bertz CT molecular complexity index is 837. The van der Waals surface area contributed by atoms with Crippen LogP contribution in [0.2, 0.25) is 0 Å². The van der Waals surface area contributed by atoms with Crippen LogP contribution in [-0.2, 0) is 19.1 Å². The monoisotopic (exact) mass is 404 g/mol. The van der Waals surface area contributed by atoms with Crippen LogP contribution in [-0.4, -0.2) is 48.2 Å². The summed E-state index contributed by atoms with van der Waals surface area (Å²) in [6, 6.07) is 0. The fourth-order valence-electron chi connectivity index (χ4n) is 4.65. The third-order valence-electron chi connectivity index (χ3n) is 6.23. The number of fused-ring (bicyclic) bond motifs is 3. The summed E-state index contributed by atoms with van der Waals surface area (Å²) < 4.78 is 11.1. The van der Waals surface area contributed by atoms with Gasteiger partial charge in [0.1, 0.15) is 0 Å². The van der Waals surface area contributed by atoms with Crippen molar-refractivity contribution in [3.8, 4) is 0 Å². The Labute approximate surface area is 168 Å². The first-order valence-electron chi connectivity index (χ1n) is 10.0. The lowest BCUT2D eigenvalue weighted by Gasteiger charge is -2.44. The first-order chi connectivity index (χ1) is 13.3. The van der Waals surface area contributed by atoms with Gasteiger partial charge in [-0.05, 0) is 51.3 Å². The fraction of sp³-hybridized carbons (Fsp3) is 0.545. The number of nitrogens with zero attached hydrogens (tertiary/aromatic N) is 1. The maximum Gasteiger partial charge on any atom is 0.375 e. The van der Waals surface area contributed by atoms with E-state index in [1.807, 2.05) is 32.2 Å². The summed E-state index contributed by atoms with van der Waals surface area (Å²) in [5.74, 6) is -0.522. The van der Waals surface area contributed by atoms with Gasteiger partial charge in [-0.1, -0.05) is 18.6 Å². The van der Waals surface area contributed by atoms with Crippen LogP contribution >= 0.6 is 7.26 Å². The van der Waals surface area contributed by atoms with Gasteiger partial charge in [-0.15, -0.1) is 0 Å². The molecule has 3 aliphatic heterocycles. The third-order valence-corrected chi connectivity index (χ3v) is 10.9. The van der Waals surface area contributed by atoms with E-state index in [1.54, 1.807) is 0 Å². The van der Waals surface area contributed by atoms with Crippen molar-refractivity contribution in [2.24, 2.45) is 0 Å². The minimum atomic E-state index is -2.27. The number of ether oxygens (including phenoxy) is 2. The second-order valence-electron chi connectivity index (χ2n) is 7.84. The molecular weight excluding hydrogens is 373 g/mol. The highest BCUT2D eigenvalue weighted by Crippen LogP contribution is 2.82. The molecule has 0 aromatic rings. The molecule has 0 bridgehead atoms. The van der Waals surface area contributed by atoms with Gasteiger partial charge in [0.05, 0.1) is 39.0 Å². The number of carbonyl (C=O) groups is 2. The van der Waals surface area contributed by atoms with E-state index in [9.17, 15) is 9.59 Å². The highest BCUT2D eigenvalue weighted by Gasteiger charge is 2.75. The van der Waals surface area contributed by atoms with E-state index in [1.165, 1.54) is 11.1 Å².